The average Bonchev–Trinajstić information content (AvgIpc) is 3.62. The lowest BCUT2D eigenvalue weighted by molar-refractivity contribution is -0.190. The number of fused-ring (bicyclic) bond motifs is 2. The van der Waals surface area contributed by atoms with E-state index in [1.807, 2.05) is 19.9 Å². The second-order valence-corrected chi connectivity index (χ2v) is 11.9. The lowest BCUT2D eigenvalue weighted by Crippen LogP contribution is -2.58. The Labute approximate surface area is 213 Å². The van der Waals surface area contributed by atoms with Gasteiger partial charge in [0.25, 0.3) is 0 Å². The van der Waals surface area contributed by atoms with E-state index in [2.05, 4.69) is 13.8 Å². The summed E-state index contributed by atoms with van der Waals surface area (Å²) in [6.45, 7) is 12.9. The molecule has 0 aromatic heterocycles. The molecule has 1 saturated heterocycles. The molecule has 1 aliphatic heterocycles. The molecule has 3 fully saturated rings. The van der Waals surface area contributed by atoms with Gasteiger partial charge in [-0.05, 0) is 54.9 Å². The van der Waals surface area contributed by atoms with Crippen molar-refractivity contribution in [2.45, 2.75) is 104 Å². The van der Waals surface area contributed by atoms with Crippen LogP contribution in [0.2, 0.25) is 0 Å². The van der Waals surface area contributed by atoms with Gasteiger partial charge in [0.1, 0.15) is 17.8 Å². The van der Waals surface area contributed by atoms with Gasteiger partial charge in [0.15, 0.2) is 5.60 Å². The molecular weight excluding hydrogens is 464 g/mol. The zero-order valence-corrected chi connectivity index (χ0v) is 22.6. The smallest absolute Gasteiger partial charge is 0.306 e. The van der Waals surface area contributed by atoms with Gasteiger partial charge in [0.05, 0.1) is 12.5 Å². The van der Waals surface area contributed by atoms with Crippen LogP contribution in [0.5, 0.6) is 0 Å². The second kappa shape index (κ2) is 9.26. The van der Waals surface area contributed by atoms with Crippen molar-refractivity contribution in [2.75, 3.05) is 6.61 Å². The number of allylic oxidation sites excluding steroid dienone is 1. The Morgan fingerprint density at radius 1 is 1.14 bits per heavy atom. The number of ketones is 1. The molecule has 1 heterocycles. The van der Waals surface area contributed by atoms with Gasteiger partial charge in [0, 0.05) is 26.7 Å². The number of hydrogen-bond acceptors (Lipinski definition) is 8. The monoisotopic (exact) mass is 504 g/mol. The molecule has 3 aliphatic carbocycles. The van der Waals surface area contributed by atoms with E-state index in [1.54, 1.807) is 6.92 Å². The van der Waals surface area contributed by atoms with Crippen molar-refractivity contribution in [2.24, 2.45) is 29.1 Å². The standard InChI is InChI=1S/C28H40O8/c1-8-9-21(31)35-23-16(3)13-28(36-18(5)30)22(23)25(34-17(4)29)27(14-33-27)11-10-19-20(26(19,6)7)12-15(2)24(28)32/h12,16,19-20,22-23,25H,8-11,13-14H2,1-7H3/b15-12+. The summed E-state index contributed by atoms with van der Waals surface area (Å²) in [5.74, 6) is -2.47. The van der Waals surface area contributed by atoms with Crippen molar-refractivity contribution in [1.82, 2.24) is 0 Å². The molecule has 4 rings (SSSR count). The van der Waals surface area contributed by atoms with Gasteiger partial charge >= 0.3 is 17.9 Å². The van der Waals surface area contributed by atoms with Crippen molar-refractivity contribution in [3.8, 4) is 0 Å². The summed E-state index contributed by atoms with van der Waals surface area (Å²) in [6, 6.07) is 0. The number of Topliss-reactive ketones (excluding diaryl/α,β-unsaturated/α-hetero) is 1. The minimum Gasteiger partial charge on any atom is -0.461 e. The maximum absolute atomic E-state index is 14.3. The Morgan fingerprint density at radius 3 is 2.36 bits per heavy atom. The third kappa shape index (κ3) is 4.50. The molecule has 0 amide bonds. The lowest BCUT2D eigenvalue weighted by atomic mass is 9.74. The molecule has 8 nitrogen and oxygen atoms in total. The predicted molar refractivity (Wildman–Crippen MR) is 130 cm³/mol. The maximum atomic E-state index is 14.3. The SMILES string of the molecule is CCCC(=O)OC1C(C)CC2(OC(C)=O)C(=O)/C(C)=C/C3C(CCC4(CO4)C(OC(C)=O)C12)C3(C)C. The number of epoxide rings is 1. The van der Waals surface area contributed by atoms with Crippen LogP contribution in [0.25, 0.3) is 0 Å². The molecule has 8 atom stereocenters. The van der Waals surface area contributed by atoms with Gasteiger partial charge in [-0.2, -0.15) is 0 Å². The molecule has 4 aliphatic rings. The average molecular weight is 505 g/mol. The third-order valence-corrected chi connectivity index (χ3v) is 8.97. The molecule has 0 bridgehead atoms. The predicted octanol–water partition coefficient (Wildman–Crippen LogP) is 3.94. The molecule has 0 N–H and O–H groups in total. The fourth-order valence-corrected chi connectivity index (χ4v) is 7.01. The van der Waals surface area contributed by atoms with Crippen LogP contribution in [-0.2, 0) is 38.1 Å². The highest BCUT2D eigenvalue weighted by atomic mass is 16.6. The van der Waals surface area contributed by atoms with Crippen molar-refractivity contribution < 1.29 is 38.1 Å². The Balaban J connectivity index is 1.89. The van der Waals surface area contributed by atoms with Gasteiger partial charge in [-0.25, -0.2) is 0 Å². The number of rotatable bonds is 5. The zero-order chi connectivity index (χ0) is 26.6. The molecule has 0 radical (unpaired) electrons. The first-order valence-electron chi connectivity index (χ1n) is 13.2. The first-order chi connectivity index (χ1) is 16.8. The minimum atomic E-state index is -1.64. The Morgan fingerprint density at radius 2 is 1.81 bits per heavy atom. The van der Waals surface area contributed by atoms with Gasteiger partial charge in [-0.15, -0.1) is 0 Å². The van der Waals surface area contributed by atoms with Gasteiger partial charge < -0.3 is 18.9 Å². The Bertz CT molecular complexity index is 976. The van der Waals surface area contributed by atoms with Crippen molar-refractivity contribution in [1.29, 1.82) is 0 Å². The third-order valence-electron chi connectivity index (χ3n) is 8.97. The molecule has 8 heteroatoms. The quantitative estimate of drug-likeness (QED) is 0.315. The number of carbonyl (C=O) groups excluding carboxylic acids is 4. The van der Waals surface area contributed by atoms with Crippen molar-refractivity contribution in [3.05, 3.63) is 11.6 Å². The Kier molecular flexibility index (Phi) is 6.90. The maximum Gasteiger partial charge on any atom is 0.306 e. The first-order valence-corrected chi connectivity index (χ1v) is 13.2. The summed E-state index contributed by atoms with van der Waals surface area (Å²) in [5, 5.41) is 0. The van der Waals surface area contributed by atoms with Crippen LogP contribution in [-0.4, -0.2) is 53.7 Å². The van der Waals surface area contributed by atoms with E-state index >= 15 is 0 Å². The fraction of sp³-hybridized carbons (Fsp3) is 0.786. The van der Waals surface area contributed by atoms with Crippen molar-refractivity contribution in [3.63, 3.8) is 0 Å². The van der Waals surface area contributed by atoms with Crippen LogP contribution in [0.15, 0.2) is 11.6 Å². The molecule has 1 spiro atoms. The van der Waals surface area contributed by atoms with Gasteiger partial charge in [0.2, 0.25) is 5.78 Å². The normalized spacial score (nSPS) is 42.2. The summed E-state index contributed by atoms with van der Waals surface area (Å²) < 4.78 is 23.9. The van der Waals surface area contributed by atoms with Crippen LogP contribution < -0.4 is 0 Å². The molecule has 8 unspecified atom stereocenters. The summed E-state index contributed by atoms with van der Waals surface area (Å²) in [5.41, 5.74) is -1.91. The first kappa shape index (κ1) is 26.8. The lowest BCUT2D eigenvalue weighted by Gasteiger charge is -2.41. The molecule has 0 aromatic rings. The highest BCUT2D eigenvalue weighted by Gasteiger charge is 2.71. The summed E-state index contributed by atoms with van der Waals surface area (Å²) in [6.07, 6.45) is 2.80. The topological polar surface area (TPSA) is 108 Å². The van der Waals surface area contributed by atoms with Crippen LogP contribution in [0.1, 0.15) is 80.6 Å². The van der Waals surface area contributed by atoms with Gasteiger partial charge in [-0.1, -0.05) is 33.8 Å². The summed E-state index contributed by atoms with van der Waals surface area (Å²) in [7, 11) is 0. The van der Waals surface area contributed by atoms with Crippen LogP contribution >= 0.6 is 0 Å². The largest absolute Gasteiger partial charge is 0.461 e. The summed E-state index contributed by atoms with van der Waals surface area (Å²) in [4.78, 5) is 51.9. The highest BCUT2D eigenvalue weighted by Crippen LogP contribution is 2.64. The number of ether oxygens (including phenoxy) is 4. The fourth-order valence-electron chi connectivity index (χ4n) is 7.01. The van der Waals surface area contributed by atoms with E-state index in [9.17, 15) is 19.2 Å². The van der Waals surface area contributed by atoms with E-state index in [1.165, 1.54) is 13.8 Å². The zero-order valence-electron chi connectivity index (χ0n) is 22.6. The van der Waals surface area contributed by atoms with Gasteiger partial charge in [-0.3, -0.25) is 19.2 Å². The van der Waals surface area contributed by atoms with E-state index in [0.29, 0.717) is 30.9 Å². The number of hydrogen-bond donors (Lipinski definition) is 0. The Hall–Kier alpha value is -2.22. The molecule has 0 aromatic carbocycles. The van der Waals surface area contributed by atoms with Crippen LogP contribution in [0.4, 0.5) is 0 Å². The molecule has 2 saturated carbocycles. The van der Waals surface area contributed by atoms with E-state index < -0.39 is 47.2 Å². The summed E-state index contributed by atoms with van der Waals surface area (Å²) >= 11 is 0. The molecule has 36 heavy (non-hydrogen) atoms. The second-order valence-electron chi connectivity index (χ2n) is 11.9. The number of esters is 3. The van der Waals surface area contributed by atoms with Crippen molar-refractivity contribution >= 4 is 23.7 Å². The highest BCUT2D eigenvalue weighted by molar-refractivity contribution is 6.03. The molecule has 200 valence electrons. The van der Waals surface area contributed by atoms with E-state index in [4.69, 9.17) is 18.9 Å². The van der Waals surface area contributed by atoms with E-state index in [0.717, 1.165) is 6.42 Å². The minimum absolute atomic E-state index is 0.0307. The van der Waals surface area contributed by atoms with Crippen LogP contribution in [0.3, 0.4) is 0 Å². The van der Waals surface area contributed by atoms with E-state index in [-0.39, 0.29) is 35.9 Å². The van der Waals surface area contributed by atoms with Crippen LogP contribution in [0, 0.1) is 29.1 Å². The number of carbonyl (C=O) groups is 4. The molecular formula is C28H40O8.